The Balaban J connectivity index is 2.13. The number of nitrogens with one attached hydrogen (secondary N) is 1. The number of piperazine rings is 1. The number of nitrogens with zero attached hydrogens (tertiary/aromatic N) is 1. The molecule has 1 fully saturated rings. The minimum absolute atomic E-state index is 0.318. The third-order valence-electron chi connectivity index (χ3n) is 2.95. The van der Waals surface area contributed by atoms with Crippen LogP contribution in [0.3, 0.4) is 0 Å². The summed E-state index contributed by atoms with van der Waals surface area (Å²) in [6.45, 7) is 2.26. The molecule has 1 atom stereocenters. The van der Waals surface area contributed by atoms with E-state index in [-0.39, 0.29) is 5.82 Å². The molecule has 1 unspecified atom stereocenters. The molecule has 1 aromatic carbocycles. The van der Waals surface area contributed by atoms with Crippen molar-refractivity contribution in [3.05, 3.63) is 34.1 Å². The lowest BCUT2D eigenvalue weighted by Gasteiger charge is -2.33. The number of hydrogen-bond acceptors (Lipinski definition) is 3. The van der Waals surface area contributed by atoms with Crippen LogP contribution in [0.15, 0.2) is 22.7 Å². The Bertz CT molecular complexity index is 435. The van der Waals surface area contributed by atoms with Crippen LogP contribution >= 0.6 is 15.9 Å². The first-order valence-electron chi connectivity index (χ1n) is 5.69. The fraction of sp³-hybridized carbons (Fsp3) is 0.417. The molecule has 0 amide bonds. The van der Waals surface area contributed by atoms with E-state index in [2.05, 4.69) is 21.2 Å². The number of carboxylic acids is 1. The number of halogens is 2. The van der Waals surface area contributed by atoms with E-state index < -0.39 is 12.0 Å². The fourth-order valence-corrected chi connectivity index (χ4v) is 2.63. The van der Waals surface area contributed by atoms with E-state index in [1.54, 1.807) is 0 Å². The molecule has 0 saturated carbocycles. The van der Waals surface area contributed by atoms with Crippen molar-refractivity contribution in [1.29, 1.82) is 0 Å². The van der Waals surface area contributed by atoms with Gasteiger partial charge >= 0.3 is 5.97 Å². The summed E-state index contributed by atoms with van der Waals surface area (Å²) in [6.07, 6.45) is 0. The molecular weight excluding hydrogens is 303 g/mol. The van der Waals surface area contributed by atoms with E-state index in [0.717, 1.165) is 12.1 Å². The summed E-state index contributed by atoms with van der Waals surface area (Å²) < 4.78 is 13.9. The molecule has 4 nitrogen and oxygen atoms in total. The van der Waals surface area contributed by atoms with Crippen LogP contribution in [0, 0.1) is 5.82 Å². The average Bonchev–Trinajstić information content (AvgIpc) is 2.27. The molecule has 2 N–H and O–H groups in total. The monoisotopic (exact) mass is 316 g/mol. The average molecular weight is 317 g/mol. The van der Waals surface area contributed by atoms with E-state index in [4.69, 9.17) is 5.11 Å². The summed E-state index contributed by atoms with van der Waals surface area (Å²) in [4.78, 5) is 13.0. The van der Waals surface area contributed by atoms with Crippen molar-refractivity contribution in [2.45, 2.75) is 12.6 Å². The molecule has 2 rings (SSSR count). The Morgan fingerprint density at radius 3 is 3.00 bits per heavy atom. The van der Waals surface area contributed by atoms with Gasteiger partial charge in [-0.15, -0.1) is 0 Å². The molecule has 0 bridgehead atoms. The summed E-state index contributed by atoms with van der Waals surface area (Å²) in [5, 5.41) is 12.2. The Kier molecular flexibility index (Phi) is 4.31. The summed E-state index contributed by atoms with van der Waals surface area (Å²) in [5.74, 6) is -1.17. The highest BCUT2D eigenvalue weighted by atomic mass is 79.9. The van der Waals surface area contributed by atoms with E-state index in [1.807, 2.05) is 11.0 Å². The Morgan fingerprint density at radius 1 is 1.56 bits per heavy atom. The molecular formula is C12H14BrFN2O2. The van der Waals surface area contributed by atoms with E-state index in [1.165, 1.54) is 12.1 Å². The molecule has 98 valence electrons. The molecule has 0 aromatic heterocycles. The van der Waals surface area contributed by atoms with Gasteiger partial charge in [-0.3, -0.25) is 9.69 Å². The van der Waals surface area contributed by atoms with Gasteiger partial charge in [-0.05, 0) is 23.8 Å². The van der Waals surface area contributed by atoms with Crippen LogP contribution in [0.2, 0.25) is 0 Å². The summed E-state index contributed by atoms with van der Waals surface area (Å²) >= 11 is 3.23. The normalized spacial score (nSPS) is 20.9. The van der Waals surface area contributed by atoms with Gasteiger partial charge in [-0.25, -0.2) is 4.39 Å². The van der Waals surface area contributed by atoms with Crippen LogP contribution in [-0.4, -0.2) is 41.7 Å². The molecule has 0 radical (unpaired) electrons. The van der Waals surface area contributed by atoms with Crippen LogP contribution in [0.1, 0.15) is 5.56 Å². The zero-order valence-electron chi connectivity index (χ0n) is 9.70. The van der Waals surface area contributed by atoms with Gasteiger partial charge in [0.2, 0.25) is 0 Å². The quantitative estimate of drug-likeness (QED) is 0.886. The molecule has 1 aromatic rings. The van der Waals surface area contributed by atoms with Gasteiger partial charge in [0.1, 0.15) is 11.9 Å². The molecule has 0 spiro atoms. The van der Waals surface area contributed by atoms with Crippen molar-refractivity contribution in [2.75, 3.05) is 19.6 Å². The van der Waals surface area contributed by atoms with Gasteiger partial charge in [-0.2, -0.15) is 0 Å². The van der Waals surface area contributed by atoms with Gasteiger partial charge in [0.15, 0.2) is 0 Å². The first-order chi connectivity index (χ1) is 8.56. The number of hydrogen-bond donors (Lipinski definition) is 2. The molecule has 1 aliphatic heterocycles. The minimum atomic E-state index is -0.849. The van der Waals surface area contributed by atoms with Crippen LogP contribution < -0.4 is 5.32 Å². The first-order valence-corrected chi connectivity index (χ1v) is 6.48. The van der Waals surface area contributed by atoms with E-state index in [0.29, 0.717) is 24.1 Å². The van der Waals surface area contributed by atoms with Gasteiger partial charge in [0.25, 0.3) is 0 Å². The van der Waals surface area contributed by atoms with E-state index in [9.17, 15) is 9.18 Å². The van der Waals surface area contributed by atoms with Crippen molar-refractivity contribution in [1.82, 2.24) is 10.2 Å². The second kappa shape index (κ2) is 5.77. The first kappa shape index (κ1) is 13.5. The lowest BCUT2D eigenvalue weighted by Crippen LogP contribution is -2.54. The SMILES string of the molecule is O=C(O)C1CNCCN1Cc1cc(F)cc(Br)c1. The number of aliphatic carboxylic acids is 1. The van der Waals surface area contributed by atoms with Crippen molar-refractivity contribution in [3.63, 3.8) is 0 Å². The standard InChI is InChI=1S/C12H14BrFN2O2/c13-9-3-8(4-10(14)5-9)7-16-2-1-15-6-11(16)12(17)18/h3-5,11,15H,1-2,6-7H2,(H,17,18). The maximum atomic E-state index is 13.3. The fourth-order valence-electron chi connectivity index (χ4n) is 2.12. The summed E-state index contributed by atoms with van der Waals surface area (Å²) in [7, 11) is 0. The number of benzene rings is 1. The highest BCUT2D eigenvalue weighted by Crippen LogP contribution is 2.18. The number of carbonyl (C=O) groups is 1. The lowest BCUT2D eigenvalue weighted by atomic mass is 10.1. The smallest absolute Gasteiger partial charge is 0.322 e. The predicted molar refractivity (Wildman–Crippen MR) is 68.8 cm³/mol. The second-order valence-electron chi connectivity index (χ2n) is 4.31. The Hall–Kier alpha value is -0.980. The van der Waals surface area contributed by atoms with Crippen molar-refractivity contribution in [2.24, 2.45) is 0 Å². The molecule has 6 heteroatoms. The van der Waals surface area contributed by atoms with Crippen molar-refractivity contribution in [3.8, 4) is 0 Å². The van der Waals surface area contributed by atoms with Crippen molar-refractivity contribution >= 4 is 21.9 Å². The predicted octanol–water partition coefficient (Wildman–Crippen LogP) is 1.45. The maximum absolute atomic E-state index is 13.3. The van der Waals surface area contributed by atoms with Gasteiger partial charge in [0, 0.05) is 30.7 Å². The highest BCUT2D eigenvalue weighted by molar-refractivity contribution is 9.10. The molecule has 0 aliphatic carbocycles. The zero-order chi connectivity index (χ0) is 13.1. The third-order valence-corrected chi connectivity index (χ3v) is 3.41. The van der Waals surface area contributed by atoms with Gasteiger partial charge in [-0.1, -0.05) is 15.9 Å². The molecule has 1 aliphatic rings. The van der Waals surface area contributed by atoms with Crippen LogP contribution in [0.25, 0.3) is 0 Å². The maximum Gasteiger partial charge on any atom is 0.322 e. The van der Waals surface area contributed by atoms with Crippen LogP contribution in [-0.2, 0) is 11.3 Å². The second-order valence-corrected chi connectivity index (χ2v) is 5.22. The molecule has 1 saturated heterocycles. The third kappa shape index (κ3) is 3.28. The van der Waals surface area contributed by atoms with Gasteiger partial charge in [0.05, 0.1) is 0 Å². The number of rotatable bonds is 3. The molecule has 1 heterocycles. The number of carboxylic acid groups (broad SMARTS) is 1. The summed E-state index contributed by atoms with van der Waals surface area (Å²) in [6, 6.07) is 4.08. The minimum Gasteiger partial charge on any atom is -0.480 e. The largest absolute Gasteiger partial charge is 0.480 e. The van der Waals surface area contributed by atoms with Crippen LogP contribution in [0.5, 0.6) is 0 Å². The van der Waals surface area contributed by atoms with Crippen LogP contribution in [0.4, 0.5) is 4.39 Å². The van der Waals surface area contributed by atoms with E-state index >= 15 is 0 Å². The Morgan fingerprint density at radius 2 is 2.33 bits per heavy atom. The summed E-state index contributed by atoms with van der Waals surface area (Å²) in [5.41, 5.74) is 0.773. The van der Waals surface area contributed by atoms with Crippen molar-refractivity contribution < 1.29 is 14.3 Å². The topological polar surface area (TPSA) is 52.6 Å². The molecule has 18 heavy (non-hydrogen) atoms. The van der Waals surface area contributed by atoms with Gasteiger partial charge < -0.3 is 10.4 Å². The zero-order valence-corrected chi connectivity index (χ0v) is 11.3. The lowest BCUT2D eigenvalue weighted by molar-refractivity contribution is -0.144. The highest BCUT2D eigenvalue weighted by Gasteiger charge is 2.28. The Labute approximate surface area is 113 Å².